The lowest BCUT2D eigenvalue weighted by Crippen LogP contribution is -2.17. The van der Waals surface area contributed by atoms with Gasteiger partial charge in [0.1, 0.15) is 5.75 Å². The summed E-state index contributed by atoms with van der Waals surface area (Å²) in [6.07, 6.45) is -10.3. The molecular formula is C17H11F6NO4. The number of benzene rings is 2. The Morgan fingerprint density at radius 2 is 1.46 bits per heavy atom. The minimum absolute atomic E-state index is 0.117. The van der Waals surface area contributed by atoms with Crippen molar-refractivity contribution in [3.05, 3.63) is 52.6 Å². The van der Waals surface area contributed by atoms with Crippen LogP contribution in [-0.2, 0) is 17.1 Å². The van der Waals surface area contributed by atoms with Gasteiger partial charge in [0.05, 0.1) is 29.4 Å². The van der Waals surface area contributed by atoms with Crippen molar-refractivity contribution in [2.45, 2.75) is 12.4 Å². The third-order valence-electron chi connectivity index (χ3n) is 3.71. The van der Waals surface area contributed by atoms with Gasteiger partial charge in [-0.2, -0.15) is 26.3 Å². The largest absolute Gasteiger partial charge is 0.507 e. The average molecular weight is 407 g/mol. The molecule has 2 aromatic rings. The Kier molecular flexibility index (Phi) is 5.31. The molecular weight excluding hydrogens is 396 g/mol. The summed E-state index contributed by atoms with van der Waals surface area (Å²) in [4.78, 5) is 23.7. The van der Waals surface area contributed by atoms with Crippen LogP contribution in [0.4, 0.5) is 26.3 Å². The number of hydrogen-bond acceptors (Lipinski definition) is 4. The van der Waals surface area contributed by atoms with Gasteiger partial charge in [0.15, 0.2) is 0 Å². The molecule has 0 atom stereocenters. The van der Waals surface area contributed by atoms with Gasteiger partial charge in [-0.3, -0.25) is 4.79 Å². The summed E-state index contributed by atoms with van der Waals surface area (Å²) in [5.41, 5.74) is -1.12. The fourth-order valence-corrected chi connectivity index (χ4v) is 2.52. The number of primary amides is 1. The standard InChI is InChI=1S/C17H11F6NO4/c1-28-15(27)10-2-3-11(25)13(14(24)26)12(10)7-4-8(16(18,19)20)6-9(5-7)17(21,22)23/h2-6,25H,1H3,(H2,24,26). The molecule has 0 saturated carbocycles. The quantitative estimate of drug-likeness (QED) is 0.595. The van der Waals surface area contributed by atoms with Crippen LogP contribution >= 0.6 is 0 Å². The first-order valence-corrected chi connectivity index (χ1v) is 7.31. The minimum Gasteiger partial charge on any atom is -0.507 e. The smallest absolute Gasteiger partial charge is 0.416 e. The van der Waals surface area contributed by atoms with Crippen LogP contribution in [0.5, 0.6) is 5.75 Å². The van der Waals surface area contributed by atoms with Crippen molar-refractivity contribution in [1.82, 2.24) is 0 Å². The third-order valence-corrected chi connectivity index (χ3v) is 3.71. The van der Waals surface area contributed by atoms with Crippen molar-refractivity contribution in [2.75, 3.05) is 7.11 Å². The number of hydrogen-bond donors (Lipinski definition) is 2. The van der Waals surface area contributed by atoms with E-state index in [1.165, 1.54) is 0 Å². The van der Waals surface area contributed by atoms with Crippen LogP contribution in [0, 0.1) is 0 Å². The van der Waals surface area contributed by atoms with Gasteiger partial charge in [-0.25, -0.2) is 4.79 Å². The number of amides is 1. The number of esters is 1. The summed E-state index contributed by atoms with van der Waals surface area (Å²) < 4.78 is 83.1. The van der Waals surface area contributed by atoms with E-state index in [0.717, 1.165) is 19.2 Å². The number of carbonyl (C=O) groups excluding carboxylic acids is 2. The van der Waals surface area contributed by atoms with Crippen molar-refractivity contribution in [3.63, 3.8) is 0 Å². The molecule has 5 nitrogen and oxygen atoms in total. The van der Waals surface area contributed by atoms with E-state index in [9.17, 15) is 41.0 Å². The summed E-state index contributed by atoms with van der Waals surface area (Å²) >= 11 is 0. The molecule has 0 spiro atoms. The van der Waals surface area contributed by atoms with Gasteiger partial charge in [-0.15, -0.1) is 0 Å². The summed E-state index contributed by atoms with van der Waals surface area (Å²) in [5.74, 6) is -3.37. The van der Waals surface area contributed by atoms with E-state index in [4.69, 9.17) is 5.73 Å². The second-order valence-corrected chi connectivity index (χ2v) is 5.53. The van der Waals surface area contributed by atoms with Crippen LogP contribution in [0.2, 0.25) is 0 Å². The van der Waals surface area contributed by atoms with Crippen LogP contribution in [-0.4, -0.2) is 24.1 Å². The third kappa shape index (κ3) is 4.02. The molecule has 0 heterocycles. The number of halogens is 6. The van der Waals surface area contributed by atoms with E-state index < -0.39 is 63.4 Å². The molecule has 150 valence electrons. The minimum atomic E-state index is -5.16. The predicted molar refractivity (Wildman–Crippen MR) is 83.4 cm³/mol. The molecule has 11 heteroatoms. The molecule has 2 rings (SSSR count). The normalized spacial score (nSPS) is 12.0. The van der Waals surface area contributed by atoms with Crippen molar-refractivity contribution in [1.29, 1.82) is 0 Å². The molecule has 28 heavy (non-hydrogen) atoms. The number of aromatic hydroxyl groups is 1. The average Bonchev–Trinajstić information content (AvgIpc) is 2.58. The van der Waals surface area contributed by atoms with Crippen molar-refractivity contribution >= 4 is 11.9 Å². The molecule has 0 unspecified atom stereocenters. The van der Waals surface area contributed by atoms with Gasteiger partial charge >= 0.3 is 18.3 Å². The zero-order chi connectivity index (χ0) is 21.4. The van der Waals surface area contributed by atoms with E-state index in [0.29, 0.717) is 12.1 Å². The lowest BCUT2D eigenvalue weighted by atomic mass is 9.90. The van der Waals surface area contributed by atoms with E-state index in [1.807, 2.05) is 0 Å². The van der Waals surface area contributed by atoms with Crippen LogP contribution < -0.4 is 5.73 Å². The first kappa shape index (κ1) is 21.1. The Bertz CT molecular complexity index is 918. The summed E-state index contributed by atoms with van der Waals surface area (Å²) in [6.45, 7) is 0. The Labute approximate surface area is 153 Å². The van der Waals surface area contributed by atoms with Gasteiger partial charge in [0.25, 0.3) is 5.91 Å². The maximum absolute atomic E-state index is 13.1. The summed E-state index contributed by atoms with van der Waals surface area (Å²) in [6, 6.07) is 2.23. The lowest BCUT2D eigenvalue weighted by molar-refractivity contribution is -0.143. The summed E-state index contributed by atoms with van der Waals surface area (Å²) in [5, 5.41) is 9.86. The number of ether oxygens (including phenoxy) is 1. The van der Waals surface area contributed by atoms with E-state index in [-0.39, 0.29) is 6.07 Å². The first-order chi connectivity index (χ1) is 12.8. The zero-order valence-corrected chi connectivity index (χ0v) is 13.9. The number of carbonyl (C=O) groups is 2. The van der Waals surface area contributed by atoms with Crippen LogP contribution in [0.25, 0.3) is 11.1 Å². The number of rotatable bonds is 3. The molecule has 0 radical (unpaired) electrons. The van der Waals surface area contributed by atoms with E-state index in [1.54, 1.807) is 0 Å². The number of alkyl halides is 6. The molecule has 3 N–H and O–H groups in total. The zero-order valence-electron chi connectivity index (χ0n) is 13.9. The first-order valence-electron chi connectivity index (χ1n) is 7.31. The summed E-state index contributed by atoms with van der Waals surface area (Å²) in [7, 11) is 0.913. The molecule has 0 aliphatic rings. The lowest BCUT2D eigenvalue weighted by Gasteiger charge is -2.18. The van der Waals surface area contributed by atoms with Crippen molar-refractivity contribution < 1.29 is 45.8 Å². The molecule has 0 aliphatic carbocycles. The number of nitrogens with two attached hydrogens (primary N) is 1. The van der Waals surface area contributed by atoms with Crippen LogP contribution in [0.15, 0.2) is 30.3 Å². The van der Waals surface area contributed by atoms with E-state index >= 15 is 0 Å². The highest BCUT2D eigenvalue weighted by molar-refractivity contribution is 6.09. The molecule has 0 aromatic heterocycles. The highest BCUT2D eigenvalue weighted by Gasteiger charge is 2.38. The van der Waals surface area contributed by atoms with Gasteiger partial charge in [-0.05, 0) is 35.9 Å². The van der Waals surface area contributed by atoms with E-state index in [2.05, 4.69) is 4.74 Å². The second kappa shape index (κ2) is 7.06. The highest BCUT2D eigenvalue weighted by Crippen LogP contribution is 2.41. The van der Waals surface area contributed by atoms with Crippen LogP contribution in [0.3, 0.4) is 0 Å². The Balaban J connectivity index is 2.99. The number of methoxy groups -OCH3 is 1. The molecule has 0 saturated heterocycles. The highest BCUT2D eigenvalue weighted by atomic mass is 19.4. The van der Waals surface area contributed by atoms with Crippen molar-refractivity contribution in [3.8, 4) is 16.9 Å². The topological polar surface area (TPSA) is 89.6 Å². The fraction of sp³-hybridized carbons (Fsp3) is 0.176. The van der Waals surface area contributed by atoms with Gasteiger partial charge in [-0.1, -0.05) is 0 Å². The molecule has 0 aliphatic heterocycles. The van der Waals surface area contributed by atoms with Gasteiger partial charge in [0, 0.05) is 5.56 Å². The van der Waals surface area contributed by atoms with Crippen LogP contribution in [0.1, 0.15) is 31.8 Å². The molecule has 2 aromatic carbocycles. The Hall–Kier alpha value is -3.24. The van der Waals surface area contributed by atoms with Gasteiger partial charge < -0.3 is 15.6 Å². The molecule has 0 bridgehead atoms. The monoisotopic (exact) mass is 407 g/mol. The molecule has 1 amide bonds. The Morgan fingerprint density at radius 1 is 0.964 bits per heavy atom. The second-order valence-electron chi connectivity index (χ2n) is 5.53. The van der Waals surface area contributed by atoms with Crippen molar-refractivity contribution in [2.24, 2.45) is 5.73 Å². The number of phenols is 1. The fourth-order valence-electron chi connectivity index (χ4n) is 2.52. The Morgan fingerprint density at radius 3 is 1.86 bits per heavy atom. The van der Waals surface area contributed by atoms with Gasteiger partial charge in [0.2, 0.25) is 0 Å². The SMILES string of the molecule is COC(=O)c1ccc(O)c(C(N)=O)c1-c1cc(C(F)(F)F)cc(C(F)(F)F)c1. The maximum atomic E-state index is 13.1. The maximum Gasteiger partial charge on any atom is 0.416 e. The molecule has 0 fully saturated rings. The predicted octanol–water partition coefficient (Wildman–Crippen LogP) is 3.98.